The second-order valence-corrected chi connectivity index (χ2v) is 6.81. The van der Waals surface area contributed by atoms with Crippen LogP contribution in [0.3, 0.4) is 0 Å². The first-order valence-corrected chi connectivity index (χ1v) is 8.39. The maximum absolute atomic E-state index is 12.0. The predicted octanol–water partition coefficient (Wildman–Crippen LogP) is 1.01. The standard InChI is InChI=1S/C14H24N4O2S/c1-5-15-14(16-6-2)17-11-12-7-9-13(10-8-12)21(19,20)18(3)4/h7-10H,5-6,11H2,1-4H3,(H2,15,16,17). The van der Waals surface area contributed by atoms with Crippen molar-refractivity contribution in [2.24, 2.45) is 4.99 Å². The van der Waals surface area contributed by atoms with Gasteiger partial charge in [0.2, 0.25) is 10.0 Å². The molecule has 1 rings (SSSR count). The van der Waals surface area contributed by atoms with Gasteiger partial charge in [0, 0.05) is 27.2 Å². The molecule has 118 valence electrons. The fraction of sp³-hybridized carbons (Fsp3) is 0.500. The van der Waals surface area contributed by atoms with E-state index < -0.39 is 10.0 Å². The van der Waals surface area contributed by atoms with E-state index in [0.717, 1.165) is 24.6 Å². The lowest BCUT2D eigenvalue weighted by molar-refractivity contribution is 0.520. The van der Waals surface area contributed by atoms with Gasteiger partial charge in [-0.3, -0.25) is 0 Å². The molecule has 0 heterocycles. The molecule has 0 atom stereocenters. The van der Waals surface area contributed by atoms with Crippen molar-refractivity contribution in [3.05, 3.63) is 29.8 Å². The molecule has 6 nitrogen and oxygen atoms in total. The van der Waals surface area contributed by atoms with Crippen molar-refractivity contribution in [2.75, 3.05) is 27.2 Å². The Hall–Kier alpha value is -1.60. The number of hydrogen-bond acceptors (Lipinski definition) is 3. The first kappa shape index (κ1) is 17.5. The highest BCUT2D eigenvalue weighted by molar-refractivity contribution is 7.89. The third-order valence-corrected chi connectivity index (χ3v) is 4.64. The van der Waals surface area contributed by atoms with Gasteiger partial charge in [-0.2, -0.15) is 0 Å². The van der Waals surface area contributed by atoms with E-state index in [2.05, 4.69) is 15.6 Å². The van der Waals surface area contributed by atoms with E-state index in [-0.39, 0.29) is 0 Å². The number of guanidine groups is 1. The monoisotopic (exact) mass is 312 g/mol. The zero-order valence-electron chi connectivity index (χ0n) is 13.0. The summed E-state index contributed by atoms with van der Waals surface area (Å²) in [5.41, 5.74) is 0.959. The molecule has 1 aromatic carbocycles. The Bertz CT molecular complexity index is 557. The Balaban J connectivity index is 2.81. The molecule has 0 aliphatic heterocycles. The Labute approximate surface area is 127 Å². The van der Waals surface area contributed by atoms with Crippen molar-refractivity contribution in [1.82, 2.24) is 14.9 Å². The molecule has 0 aliphatic rings. The molecule has 0 amide bonds. The van der Waals surface area contributed by atoms with E-state index >= 15 is 0 Å². The lowest BCUT2D eigenvalue weighted by Crippen LogP contribution is -2.36. The number of benzene rings is 1. The highest BCUT2D eigenvalue weighted by atomic mass is 32.2. The third kappa shape index (κ3) is 5.02. The van der Waals surface area contributed by atoms with Gasteiger partial charge in [-0.15, -0.1) is 0 Å². The lowest BCUT2D eigenvalue weighted by Gasteiger charge is -2.12. The minimum Gasteiger partial charge on any atom is -0.357 e. The van der Waals surface area contributed by atoms with Crippen LogP contribution in [-0.4, -0.2) is 45.9 Å². The van der Waals surface area contributed by atoms with Crippen molar-refractivity contribution >= 4 is 16.0 Å². The Morgan fingerprint density at radius 3 is 2.05 bits per heavy atom. The van der Waals surface area contributed by atoms with Gasteiger partial charge in [0.05, 0.1) is 11.4 Å². The smallest absolute Gasteiger partial charge is 0.242 e. The number of nitrogens with zero attached hydrogens (tertiary/aromatic N) is 2. The molecule has 1 aromatic rings. The van der Waals surface area contributed by atoms with Gasteiger partial charge < -0.3 is 10.6 Å². The lowest BCUT2D eigenvalue weighted by atomic mass is 10.2. The van der Waals surface area contributed by atoms with Crippen molar-refractivity contribution in [2.45, 2.75) is 25.3 Å². The molecule has 0 saturated carbocycles. The Morgan fingerprint density at radius 2 is 1.62 bits per heavy atom. The van der Waals surface area contributed by atoms with Crippen LogP contribution in [0.5, 0.6) is 0 Å². The topological polar surface area (TPSA) is 73.8 Å². The quantitative estimate of drug-likeness (QED) is 0.607. The summed E-state index contributed by atoms with van der Waals surface area (Å²) in [6.45, 7) is 6.11. The van der Waals surface area contributed by atoms with Gasteiger partial charge in [0.1, 0.15) is 0 Å². The molecule has 0 bridgehead atoms. The van der Waals surface area contributed by atoms with Gasteiger partial charge in [-0.25, -0.2) is 17.7 Å². The summed E-state index contributed by atoms with van der Waals surface area (Å²) in [6, 6.07) is 6.80. The average molecular weight is 312 g/mol. The van der Waals surface area contributed by atoms with Crippen LogP contribution in [0.25, 0.3) is 0 Å². The van der Waals surface area contributed by atoms with Crippen LogP contribution in [0.1, 0.15) is 19.4 Å². The van der Waals surface area contributed by atoms with Gasteiger partial charge in [-0.05, 0) is 31.5 Å². The number of sulfonamides is 1. The fourth-order valence-electron chi connectivity index (χ4n) is 1.66. The van der Waals surface area contributed by atoms with E-state index in [4.69, 9.17) is 0 Å². The summed E-state index contributed by atoms with van der Waals surface area (Å²) >= 11 is 0. The predicted molar refractivity (Wildman–Crippen MR) is 85.8 cm³/mol. The minimum absolute atomic E-state index is 0.291. The molecule has 0 spiro atoms. The van der Waals surface area contributed by atoms with Crippen LogP contribution in [0, 0.1) is 0 Å². The third-order valence-electron chi connectivity index (χ3n) is 2.81. The Kier molecular flexibility index (Phi) is 6.64. The van der Waals surface area contributed by atoms with Crippen molar-refractivity contribution < 1.29 is 8.42 Å². The zero-order valence-corrected chi connectivity index (χ0v) is 13.9. The molecule has 0 aliphatic carbocycles. The minimum atomic E-state index is -3.37. The van der Waals surface area contributed by atoms with Crippen LogP contribution in [0.15, 0.2) is 34.2 Å². The van der Waals surface area contributed by atoms with Gasteiger partial charge in [-0.1, -0.05) is 12.1 Å². The Morgan fingerprint density at radius 1 is 1.10 bits per heavy atom. The average Bonchev–Trinajstić information content (AvgIpc) is 2.45. The van der Waals surface area contributed by atoms with Crippen molar-refractivity contribution in [1.29, 1.82) is 0 Å². The summed E-state index contributed by atoms with van der Waals surface area (Å²) in [7, 11) is -0.328. The molecular weight excluding hydrogens is 288 g/mol. The normalized spacial score (nSPS) is 11.3. The molecule has 7 heteroatoms. The van der Waals surface area contributed by atoms with E-state index in [1.807, 2.05) is 13.8 Å². The molecule has 0 aromatic heterocycles. The molecule has 0 unspecified atom stereocenters. The SMILES string of the molecule is CCNC(=NCc1ccc(S(=O)(=O)N(C)C)cc1)NCC. The van der Waals surface area contributed by atoms with Crippen LogP contribution >= 0.6 is 0 Å². The molecule has 21 heavy (non-hydrogen) atoms. The second-order valence-electron chi connectivity index (χ2n) is 4.66. The number of rotatable bonds is 6. The highest BCUT2D eigenvalue weighted by Crippen LogP contribution is 2.14. The number of hydrogen-bond donors (Lipinski definition) is 2. The summed E-state index contributed by atoms with van der Waals surface area (Å²) in [5, 5.41) is 6.28. The van der Waals surface area contributed by atoms with Crippen LogP contribution in [0.4, 0.5) is 0 Å². The summed E-state index contributed by atoms with van der Waals surface area (Å²) in [5.74, 6) is 0.755. The summed E-state index contributed by atoms with van der Waals surface area (Å²) < 4.78 is 25.1. The maximum atomic E-state index is 12.0. The summed E-state index contributed by atoms with van der Waals surface area (Å²) in [6.07, 6.45) is 0. The summed E-state index contributed by atoms with van der Waals surface area (Å²) in [4.78, 5) is 4.73. The molecule has 0 saturated heterocycles. The molecular formula is C14H24N4O2S. The molecule has 2 N–H and O–H groups in total. The largest absolute Gasteiger partial charge is 0.357 e. The van der Waals surface area contributed by atoms with E-state index in [1.54, 1.807) is 24.3 Å². The van der Waals surface area contributed by atoms with Crippen LogP contribution in [-0.2, 0) is 16.6 Å². The first-order chi connectivity index (χ1) is 9.91. The first-order valence-electron chi connectivity index (χ1n) is 6.95. The van der Waals surface area contributed by atoms with Gasteiger partial charge in [0.15, 0.2) is 5.96 Å². The van der Waals surface area contributed by atoms with Gasteiger partial charge in [0.25, 0.3) is 0 Å². The van der Waals surface area contributed by atoms with Crippen molar-refractivity contribution in [3.63, 3.8) is 0 Å². The van der Waals surface area contributed by atoms with E-state index in [9.17, 15) is 8.42 Å². The van der Waals surface area contributed by atoms with Crippen molar-refractivity contribution in [3.8, 4) is 0 Å². The highest BCUT2D eigenvalue weighted by Gasteiger charge is 2.16. The number of aliphatic imine (C=N–C) groups is 1. The molecule has 0 fully saturated rings. The maximum Gasteiger partial charge on any atom is 0.242 e. The van der Waals surface area contributed by atoms with Crippen LogP contribution < -0.4 is 10.6 Å². The van der Waals surface area contributed by atoms with Crippen LogP contribution in [0.2, 0.25) is 0 Å². The van der Waals surface area contributed by atoms with E-state index in [0.29, 0.717) is 11.4 Å². The molecule has 0 radical (unpaired) electrons. The zero-order chi connectivity index (χ0) is 15.9. The van der Waals surface area contributed by atoms with Gasteiger partial charge >= 0.3 is 0 Å². The second kappa shape index (κ2) is 7.99. The number of nitrogens with one attached hydrogen (secondary N) is 2. The van der Waals surface area contributed by atoms with E-state index in [1.165, 1.54) is 18.4 Å². The fourth-order valence-corrected chi connectivity index (χ4v) is 2.56.